The molecular formula is C16H15ClO2. The molecule has 0 amide bonds. The number of ether oxygens (including phenoxy) is 1. The van der Waals surface area contributed by atoms with Crippen molar-refractivity contribution in [3.8, 4) is 5.75 Å². The molecule has 3 heteroatoms. The Balaban J connectivity index is 2.20. The molecule has 0 bridgehead atoms. The van der Waals surface area contributed by atoms with Crippen LogP contribution in [0.1, 0.15) is 21.5 Å². The van der Waals surface area contributed by atoms with Crippen molar-refractivity contribution in [1.29, 1.82) is 0 Å². The summed E-state index contributed by atoms with van der Waals surface area (Å²) in [5.74, 6) is 0.767. The lowest BCUT2D eigenvalue weighted by atomic mass is 9.99. The molecule has 0 unspecified atom stereocenters. The molecule has 0 radical (unpaired) electrons. The molecule has 2 rings (SSSR count). The minimum atomic E-state index is 0.0734. The number of methoxy groups -OCH3 is 1. The number of carbonyl (C=O) groups is 1. The van der Waals surface area contributed by atoms with Crippen molar-refractivity contribution in [3.05, 3.63) is 64.2 Å². The largest absolute Gasteiger partial charge is 0.497 e. The quantitative estimate of drug-likeness (QED) is 0.785. The normalized spacial score (nSPS) is 10.3. The fourth-order valence-corrected chi connectivity index (χ4v) is 2.16. The summed E-state index contributed by atoms with van der Waals surface area (Å²) in [6.07, 6.45) is 0.371. The minimum absolute atomic E-state index is 0.0734. The smallest absolute Gasteiger partial charge is 0.167 e. The maximum absolute atomic E-state index is 12.2. The molecule has 0 heterocycles. The summed E-state index contributed by atoms with van der Waals surface area (Å²) >= 11 is 5.91. The molecule has 0 N–H and O–H groups in total. The van der Waals surface area contributed by atoms with Crippen LogP contribution in [0.3, 0.4) is 0 Å². The zero-order valence-electron chi connectivity index (χ0n) is 10.9. The number of aryl methyl sites for hydroxylation is 1. The van der Waals surface area contributed by atoms with Gasteiger partial charge in [-0.3, -0.25) is 4.79 Å². The summed E-state index contributed by atoms with van der Waals surface area (Å²) in [6, 6.07) is 12.8. The van der Waals surface area contributed by atoms with Crippen LogP contribution in [0, 0.1) is 6.92 Å². The topological polar surface area (TPSA) is 26.3 Å². The number of ketones is 1. The van der Waals surface area contributed by atoms with Gasteiger partial charge in [0.25, 0.3) is 0 Å². The van der Waals surface area contributed by atoms with Gasteiger partial charge in [0.15, 0.2) is 5.78 Å². The number of hydrogen-bond acceptors (Lipinski definition) is 2. The highest BCUT2D eigenvalue weighted by Gasteiger charge is 2.10. The van der Waals surface area contributed by atoms with Crippen LogP contribution in [0.4, 0.5) is 0 Å². The molecule has 0 aliphatic rings. The Kier molecular flexibility index (Phi) is 4.23. The Hall–Kier alpha value is -1.80. The number of hydrogen-bond donors (Lipinski definition) is 0. The highest BCUT2D eigenvalue weighted by molar-refractivity contribution is 6.30. The summed E-state index contributed by atoms with van der Waals surface area (Å²) in [5, 5.41) is 0.690. The molecule has 98 valence electrons. The number of benzene rings is 2. The fraction of sp³-hybridized carbons (Fsp3) is 0.188. The van der Waals surface area contributed by atoms with E-state index in [0.717, 1.165) is 11.1 Å². The van der Waals surface area contributed by atoms with Gasteiger partial charge in [-0.05, 0) is 42.3 Å². The molecule has 0 saturated carbocycles. The van der Waals surface area contributed by atoms with Crippen molar-refractivity contribution in [1.82, 2.24) is 0 Å². The Morgan fingerprint density at radius 3 is 2.68 bits per heavy atom. The standard InChI is InChI=1S/C16H15ClO2/c1-11-8-14(17)7-6-12(11)10-16(18)13-4-3-5-15(9-13)19-2/h3-9H,10H2,1-2H3. The van der Waals surface area contributed by atoms with Gasteiger partial charge in [-0.2, -0.15) is 0 Å². The lowest BCUT2D eigenvalue weighted by Gasteiger charge is -2.07. The number of halogens is 1. The second kappa shape index (κ2) is 5.89. The van der Waals surface area contributed by atoms with Gasteiger partial charge in [-0.25, -0.2) is 0 Å². The van der Waals surface area contributed by atoms with Gasteiger partial charge in [0, 0.05) is 17.0 Å². The van der Waals surface area contributed by atoms with E-state index in [4.69, 9.17) is 16.3 Å². The van der Waals surface area contributed by atoms with Gasteiger partial charge in [0.1, 0.15) is 5.75 Å². The third kappa shape index (κ3) is 3.36. The third-order valence-corrected chi connectivity index (χ3v) is 3.28. The first kappa shape index (κ1) is 13.6. The van der Waals surface area contributed by atoms with Crippen LogP contribution in [-0.4, -0.2) is 12.9 Å². The number of carbonyl (C=O) groups excluding carboxylic acids is 1. The van der Waals surface area contributed by atoms with E-state index < -0.39 is 0 Å². The van der Waals surface area contributed by atoms with E-state index in [2.05, 4.69) is 0 Å². The molecule has 0 atom stereocenters. The lowest BCUT2D eigenvalue weighted by Crippen LogP contribution is -2.05. The highest BCUT2D eigenvalue weighted by atomic mass is 35.5. The monoisotopic (exact) mass is 274 g/mol. The second-order valence-electron chi connectivity index (χ2n) is 4.40. The van der Waals surface area contributed by atoms with Crippen molar-refractivity contribution in [3.63, 3.8) is 0 Å². The average Bonchev–Trinajstić information content (AvgIpc) is 2.42. The third-order valence-electron chi connectivity index (χ3n) is 3.05. The van der Waals surface area contributed by atoms with E-state index in [-0.39, 0.29) is 5.78 Å². The summed E-state index contributed by atoms with van der Waals surface area (Å²) < 4.78 is 5.13. The highest BCUT2D eigenvalue weighted by Crippen LogP contribution is 2.19. The number of rotatable bonds is 4. The second-order valence-corrected chi connectivity index (χ2v) is 4.84. The summed E-state index contributed by atoms with van der Waals surface area (Å²) in [5.41, 5.74) is 2.69. The Bertz CT molecular complexity index is 605. The maximum atomic E-state index is 12.2. The molecule has 0 fully saturated rings. The van der Waals surface area contributed by atoms with Crippen molar-refractivity contribution in [2.45, 2.75) is 13.3 Å². The van der Waals surface area contributed by atoms with Gasteiger partial charge in [0.2, 0.25) is 0 Å². The van der Waals surface area contributed by atoms with Crippen LogP contribution < -0.4 is 4.74 Å². The van der Waals surface area contributed by atoms with Crippen LogP contribution >= 0.6 is 11.6 Å². The summed E-state index contributed by atoms with van der Waals surface area (Å²) in [6.45, 7) is 1.96. The van der Waals surface area contributed by atoms with E-state index in [9.17, 15) is 4.79 Å². The summed E-state index contributed by atoms with van der Waals surface area (Å²) in [4.78, 5) is 12.2. The fourth-order valence-electron chi connectivity index (χ4n) is 1.93. The SMILES string of the molecule is COc1cccc(C(=O)Cc2ccc(Cl)cc2C)c1. The molecular weight excluding hydrogens is 260 g/mol. The molecule has 0 aliphatic heterocycles. The summed E-state index contributed by atoms with van der Waals surface area (Å²) in [7, 11) is 1.59. The van der Waals surface area contributed by atoms with Crippen molar-refractivity contribution >= 4 is 17.4 Å². The zero-order chi connectivity index (χ0) is 13.8. The predicted molar refractivity (Wildman–Crippen MR) is 77.2 cm³/mol. The van der Waals surface area contributed by atoms with E-state index in [1.54, 1.807) is 19.2 Å². The number of Topliss-reactive ketones (excluding diaryl/α,β-unsaturated/α-hetero) is 1. The van der Waals surface area contributed by atoms with E-state index in [1.165, 1.54) is 0 Å². The van der Waals surface area contributed by atoms with E-state index in [1.807, 2.05) is 37.3 Å². The van der Waals surface area contributed by atoms with Gasteiger partial charge in [-0.1, -0.05) is 29.8 Å². The van der Waals surface area contributed by atoms with Gasteiger partial charge < -0.3 is 4.74 Å². The molecule has 2 nitrogen and oxygen atoms in total. The van der Waals surface area contributed by atoms with Gasteiger partial charge in [-0.15, -0.1) is 0 Å². The first-order valence-electron chi connectivity index (χ1n) is 6.02. The van der Waals surface area contributed by atoms with Gasteiger partial charge in [0.05, 0.1) is 7.11 Å². The molecule has 2 aromatic carbocycles. The maximum Gasteiger partial charge on any atom is 0.167 e. The van der Waals surface area contributed by atoms with Crippen molar-refractivity contribution < 1.29 is 9.53 Å². The van der Waals surface area contributed by atoms with Crippen LogP contribution in [0.15, 0.2) is 42.5 Å². The molecule has 0 aliphatic carbocycles. The van der Waals surface area contributed by atoms with Crippen LogP contribution in [0.5, 0.6) is 5.75 Å². The van der Waals surface area contributed by atoms with Crippen molar-refractivity contribution in [2.24, 2.45) is 0 Å². The van der Waals surface area contributed by atoms with Gasteiger partial charge >= 0.3 is 0 Å². The Labute approximate surface area is 118 Å². The van der Waals surface area contributed by atoms with Crippen LogP contribution in [0.2, 0.25) is 5.02 Å². The first-order valence-corrected chi connectivity index (χ1v) is 6.40. The van der Waals surface area contributed by atoms with Crippen LogP contribution in [-0.2, 0) is 6.42 Å². The lowest BCUT2D eigenvalue weighted by molar-refractivity contribution is 0.0992. The first-order chi connectivity index (χ1) is 9.10. The molecule has 2 aromatic rings. The van der Waals surface area contributed by atoms with Crippen LogP contribution in [0.25, 0.3) is 0 Å². The molecule has 0 spiro atoms. The molecule has 0 saturated heterocycles. The Morgan fingerprint density at radius 2 is 2.00 bits per heavy atom. The average molecular weight is 275 g/mol. The Morgan fingerprint density at radius 1 is 1.21 bits per heavy atom. The minimum Gasteiger partial charge on any atom is -0.497 e. The van der Waals surface area contributed by atoms with Crippen molar-refractivity contribution in [2.75, 3.05) is 7.11 Å². The molecule has 19 heavy (non-hydrogen) atoms. The zero-order valence-corrected chi connectivity index (χ0v) is 11.7. The van der Waals surface area contributed by atoms with E-state index >= 15 is 0 Å². The molecule has 0 aromatic heterocycles. The van der Waals surface area contributed by atoms with E-state index in [0.29, 0.717) is 22.8 Å². The predicted octanol–water partition coefficient (Wildman–Crippen LogP) is 4.08.